The summed E-state index contributed by atoms with van der Waals surface area (Å²) in [6.07, 6.45) is 4.00. The Kier molecular flexibility index (Phi) is 3.53. The molecule has 1 saturated heterocycles. The van der Waals surface area contributed by atoms with Crippen molar-refractivity contribution in [3.8, 4) is 5.75 Å². The second-order valence-corrected chi connectivity index (χ2v) is 7.22. The first-order valence-electron chi connectivity index (χ1n) is 6.85. The lowest BCUT2D eigenvalue weighted by Crippen LogP contribution is -2.31. The molecule has 1 aromatic carbocycles. The van der Waals surface area contributed by atoms with E-state index in [1.807, 2.05) is 0 Å². The first-order valence-corrected chi connectivity index (χ1v) is 7.84. The number of fused-ring (bicyclic) bond motifs is 1. The first kappa shape index (κ1) is 12.4. The van der Waals surface area contributed by atoms with Crippen LogP contribution < -0.4 is 10.1 Å². The molecule has 3 heteroatoms. The molecule has 98 valence electrons. The molecule has 0 aliphatic carbocycles. The smallest absolute Gasteiger partial charge is 0.124 e. The van der Waals surface area contributed by atoms with Gasteiger partial charge in [-0.25, -0.2) is 0 Å². The van der Waals surface area contributed by atoms with Gasteiger partial charge in [0.2, 0.25) is 0 Å². The summed E-state index contributed by atoms with van der Waals surface area (Å²) in [6, 6.07) is 6.42. The quantitative estimate of drug-likeness (QED) is 0.903. The zero-order chi connectivity index (χ0) is 12.4. The number of hydrogen-bond donors (Lipinski definition) is 1. The number of rotatable bonds is 3. The topological polar surface area (TPSA) is 21.3 Å². The average molecular weight is 263 g/mol. The summed E-state index contributed by atoms with van der Waals surface area (Å²) in [6.45, 7) is 5.13. The van der Waals surface area contributed by atoms with E-state index in [0.29, 0.717) is 4.75 Å². The molecule has 1 N–H and O–H groups in total. The van der Waals surface area contributed by atoms with Crippen LogP contribution in [0.1, 0.15) is 37.3 Å². The van der Waals surface area contributed by atoms with Crippen molar-refractivity contribution in [1.82, 2.24) is 5.32 Å². The van der Waals surface area contributed by atoms with Crippen molar-refractivity contribution in [1.29, 1.82) is 0 Å². The zero-order valence-electron chi connectivity index (χ0n) is 11.0. The molecule has 2 aliphatic heterocycles. The molecule has 0 spiro atoms. The largest absolute Gasteiger partial charge is 0.492 e. The third kappa shape index (κ3) is 2.52. The van der Waals surface area contributed by atoms with Gasteiger partial charge in [-0.3, -0.25) is 0 Å². The van der Waals surface area contributed by atoms with E-state index in [4.69, 9.17) is 4.74 Å². The first-order chi connectivity index (χ1) is 8.77. The summed E-state index contributed by atoms with van der Waals surface area (Å²) in [5, 5.41) is 3.39. The van der Waals surface area contributed by atoms with E-state index in [9.17, 15) is 0 Å². The van der Waals surface area contributed by atoms with Gasteiger partial charge in [0.25, 0.3) is 0 Å². The number of hydrogen-bond acceptors (Lipinski definition) is 3. The van der Waals surface area contributed by atoms with Crippen molar-refractivity contribution in [3.05, 3.63) is 29.3 Å². The van der Waals surface area contributed by atoms with Gasteiger partial charge in [0, 0.05) is 23.4 Å². The highest BCUT2D eigenvalue weighted by molar-refractivity contribution is 8.00. The molecule has 2 nitrogen and oxygen atoms in total. The summed E-state index contributed by atoms with van der Waals surface area (Å²) in [7, 11) is 0. The van der Waals surface area contributed by atoms with Crippen molar-refractivity contribution in [3.63, 3.8) is 0 Å². The fraction of sp³-hybridized carbons (Fsp3) is 0.600. The second-order valence-electron chi connectivity index (χ2n) is 5.54. The Bertz CT molecular complexity index is 427. The molecule has 1 atom stereocenters. The maximum atomic E-state index is 6.13. The van der Waals surface area contributed by atoms with Crippen molar-refractivity contribution in [2.75, 3.05) is 12.4 Å². The van der Waals surface area contributed by atoms with Gasteiger partial charge < -0.3 is 10.1 Å². The molecule has 0 amide bonds. The molecular weight excluding hydrogens is 242 g/mol. The molecule has 2 aliphatic rings. The second kappa shape index (κ2) is 5.14. The van der Waals surface area contributed by atoms with Crippen LogP contribution in [0.5, 0.6) is 5.75 Å². The van der Waals surface area contributed by atoms with Gasteiger partial charge in [0.1, 0.15) is 12.4 Å². The van der Waals surface area contributed by atoms with Crippen LogP contribution in [0.4, 0.5) is 0 Å². The summed E-state index contributed by atoms with van der Waals surface area (Å²) in [4.78, 5) is 0. The third-order valence-corrected chi connectivity index (χ3v) is 5.44. The van der Waals surface area contributed by atoms with E-state index in [1.165, 1.54) is 36.1 Å². The van der Waals surface area contributed by atoms with Crippen LogP contribution in [0.3, 0.4) is 0 Å². The van der Waals surface area contributed by atoms with Crippen LogP contribution in [0.25, 0.3) is 0 Å². The minimum absolute atomic E-state index is 0.313. The molecule has 1 fully saturated rings. The van der Waals surface area contributed by atoms with Crippen LogP contribution in [0.2, 0.25) is 0 Å². The van der Waals surface area contributed by atoms with E-state index >= 15 is 0 Å². The van der Waals surface area contributed by atoms with Crippen molar-refractivity contribution < 1.29 is 4.74 Å². The Morgan fingerprint density at radius 3 is 3.11 bits per heavy atom. The van der Waals surface area contributed by atoms with Crippen LogP contribution in [0.15, 0.2) is 18.2 Å². The van der Waals surface area contributed by atoms with Gasteiger partial charge in [0.15, 0.2) is 0 Å². The zero-order valence-corrected chi connectivity index (χ0v) is 11.8. The highest BCUT2D eigenvalue weighted by atomic mass is 32.2. The molecule has 1 aromatic rings. The average Bonchev–Trinajstić information content (AvgIpc) is 2.86. The molecule has 0 saturated carbocycles. The summed E-state index contributed by atoms with van der Waals surface area (Å²) in [5.74, 6) is 2.37. The summed E-state index contributed by atoms with van der Waals surface area (Å²) in [5.41, 5.74) is 2.76. The number of benzene rings is 1. The van der Waals surface area contributed by atoms with Gasteiger partial charge in [-0.2, -0.15) is 11.8 Å². The Hall–Kier alpha value is -0.670. The molecule has 18 heavy (non-hydrogen) atoms. The molecular formula is C15H21NOS. The number of ether oxygens (including phenoxy) is 1. The molecule has 0 aromatic heterocycles. The lowest BCUT2D eigenvalue weighted by Gasteiger charge is -2.32. The Morgan fingerprint density at radius 2 is 2.28 bits per heavy atom. The molecule has 3 rings (SSSR count). The molecule has 1 unspecified atom stereocenters. The van der Waals surface area contributed by atoms with E-state index in [0.717, 1.165) is 25.4 Å². The normalized spacial score (nSPS) is 26.9. The maximum absolute atomic E-state index is 6.13. The lowest BCUT2D eigenvalue weighted by molar-refractivity contribution is 0.264. The fourth-order valence-corrected chi connectivity index (χ4v) is 4.04. The van der Waals surface area contributed by atoms with Gasteiger partial charge in [-0.05, 0) is 37.1 Å². The van der Waals surface area contributed by atoms with Crippen molar-refractivity contribution in [2.45, 2.75) is 44.0 Å². The monoisotopic (exact) mass is 263 g/mol. The van der Waals surface area contributed by atoms with Gasteiger partial charge >= 0.3 is 0 Å². The Labute approximate surface area is 113 Å². The van der Waals surface area contributed by atoms with Crippen LogP contribution in [-0.4, -0.2) is 17.1 Å². The van der Waals surface area contributed by atoms with E-state index in [-0.39, 0.29) is 0 Å². The Balaban J connectivity index is 1.68. The lowest BCUT2D eigenvalue weighted by atomic mass is 10.0. The van der Waals surface area contributed by atoms with Gasteiger partial charge in [-0.15, -0.1) is 0 Å². The summed E-state index contributed by atoms with van der Waals surface area (Å²) < 4.78 is 6.44. The molecule has 0 radical (unpaired) electrons. The SMILES string of the molecule is CC1(COc2cccc3c2CNC3)CCCCS1. The predicted octanol–water partition coefficient (Wildman–Crippen LogP) is 3.34. The summed E-state index contributed by atoms with van der Waals surface area (Å²) >= 11 is 2.08. The highest BCUT2D eigenvalue weighted by Gasteiger charge is 2.29. The number of nitrogens with one attached hydrogen (secondary N) is 1. The van der Waals surface area contributed by atoms with Crippen molar-refractivity contribution >= 4 is 11.8 Å². The van der Waals surface area contributed by atoms with Crippen molar-refractivity contribution in [2.24, 2.45) is 0 Å². The molecule has 2 heterocycles. The van der Waals surface area contributed by atoms with Crippen LogP contribution in [0, 0.1) is 0 Å². The highest BCUT2D eigenvalue weighted by Crippen LogP contribution is 2.37. The third-order valence-electron chi connectivity index (χ3n) is 3.93. The number of thioether (sulfide) groups is 1. The standard InChI is InChI=1S/C15H21NOS/c1-15(7-2-3-8-18-15)11-17-14-6-4-5-12-9-16-10-13(12)14/h4-6,16H,2-3,7-11H2,1H3. The van der Waals surface area contributed by atoms with Gasteiger partial charge in [0.05, 0.1) is 0 Å². The minimum Gasteiger partial charge on any atom is -0.492 e. The maximum Gasteiger partial charge on any atom is 0.124 e. The van der Waals surface area contributed by atoms with E-state index in [2.05, 4.69) is 42.2 Å². The minimum atomic E-state index is 0.313. The predicted molar refractivity (Wildman–Crippen MR) is 77.2 cm³/mol. The van der Waals surface area contributed by atoms with Crippen LogP contribution >= 0.6 is 11.8 Å². The van der Waals surface area contributed by atoms with E-state index in [1.54, 1.807) is 0 Å². The molecule has 0 bridgehead atoms. The Morgan fingerprint density at radius 1 is 1.33 bits per heavy atom. The fourth-order valence-electron chi connectivity index (χ4n) is 2.77. The van der Waals surface area contributed by atoms with Crippen LogP contribution in [-0.2, 0) is 13.1 Å². The van der Waals surface area contributed by atoms with Gasteiger partial charge in [-0.1, -0.05) is 18.6 Å². The van der Waals surface area contributed by atoms with E-state index < -0.39 is 0 Å².